The van der Waals surface area contributed by atoms with Gasteiger partial charge in [0.1, 0.15) is 0 Å². The lowest BCUT2D eigenvalue weighted by Crippen LogP contribution is -2.49. The molecule has 1 aromatic rings. The van der Waals surface area contributed by atoms with Crippen LogP contribution < -0.4 is 11.0 Å². The summed E-state index contributed by atoms with van der Waals surface area (Å²) in [6, 6.07) is 3.75. The molecule has 1 aliphatic carbocycles. The molecule has 0 spiro atoms. The summed E-state index contributed by atoms with van der Waals surface area (Å²) in [7, 11) is 0.393. The number of hydrogen-bond acceptors (Lipinski definition) is 3. The molecule has 0 radical (unpaired) electrons. The van der Waals surface area contributed by atoms with E-state index < -0.39 is 11.2 Å². The van der Waals surface area contributed by atoms with Crippen LogP contribution in [0, 0.1) is 0 Å². The smallest absolute Gasteiger partial charge is 0.310 e. The Balaban J connectivity index is 2.08. The summed E-state index contributed by atoms with van der Waals surface area (Å²) in [5.74, 6) is 0. The SMILES string of the molecule is CC(C)(O)C(C)(C)OBc1ccc(=O)n(C2CC2)c1. The summed E-state index contributed by atoms with van der Waals surface area (Å²) in [5.41, 5.74) is -0.553. The highest BCUT2D eigenvalue weighted by Gasteiger charge is 2.35. The molecular formula is C14H22BNO3. The predicted molar refractivity (Wildman–Crippen MR) is 77.2 cm³/mol. The molecule has 0 bridgehead atoms. The molecular weight excluding hydrogens is 241 g/mol. The Hall–Kier alpha value is -1.07. The van der Waals surface area contributed by atoms with E-state index in [2.05, 4.69) is 0 Å². The monoisotopic (exact) mass is 263 g/mol. The molecule has 1 N–H and O–H groups in total. The van der Waals surface area contributed by atoms with Crippen molar-refractivity contribution in [1.29, 1.82) is 0 Å². The van der Waals surface area contributed by atoms with Crippen LogP contribution in [-0.2, 0) is 4.65 Å². The van der Waals surface area contributed by atoms with Gasteiger partial charge >= 0.3 is 7.48 Å². The molecule has 0 unspecified atom stereocenters. The van der Waals surface area contributed by atoms with E-state index in [4.69, 9.17) is 4.65 Å². The Labute approximate surface area is 114 Å². The van der Waals surface area contributed by atoms with Gasteiger partial charge in [-0.3, -0.25) is 4.79 Å². The van der Waals surface area contributed by atoms with Crippen molar-refractivity contribution in [2.24, 2.45) is 0 Å². The lowest BCUT2D eigenvalue weighted by atomic mass is 9.83. The average molecular weight is 263 g/mol. The number of pyridine rings is 1. The van der Waals surface area contributed by atoms with Crippen LogP contribution in [-0.4, -0.2) is 28.4 Å². The van der Waals surface area contributed by atoms with Crippen molar-refractivity contribution in [2.75, 3.05) is 0 Å². The van der Waals surface area contributed by atoms with Crippen molar-refractivity contribution in [3.8, 4) is 0 Å². The molecule has 0 saturated heterocycles. The van der Waals surface area contributed by atoms with Gasteiger partial charge in [-0.15, -0.1) is 0 Å². The molecule has 1 heterocycles. The van der Waals surface area contributed by atoms with Crippen molar-refractivity contribution < 1.29 is 9.76 Å². The molecule has 5 heteroatoms. The summed E-state index contributed by atoms with van der Waals surface area (Å²) < 4.78 is 7.60. The third-order valence-electron chi connectivity index (χ3n) is 4.01. The van der Waals surface area contributed by atoms with E-state index in [-0.39, 0.29) is 5.56 Å². The summed E-state index contributed by atoms with van der Waals surface area (Å²) in [4.78, 5) is 11.7. The molecule has 0 amide bonds. The van der Waals surface area contributed by atoms with Crippen molar-refractivity contribution in [1.82, 2.24) is 4.57 Å². The van der Waals surface area contributed by atoms with Gasteiger partial charge in [-0.2, -0.15) is 0 Å². The molecule has 2 rings (SSSR count). The molecule has 1 fully saturated rings. The van der Waals surface area contributed by atoms with Crippen molar-refractivity contribution in [3.05, 3.63) is 28.7 Å². The first-order valence-corrected chi connectivity index (χ1v) is 6.78. The third kappa shape index (κ3) is 3.28. The second kappa shape index (κ2) is 4.80. The lowest BCUT2D eigenvalue weighted by molar-refractivity contribution is -0.0893. The average Bonchev–Trinajstić information content (AvgIpc) is 3.10. The van der Waals surface area contributed by atoms with E-state index in [0.29, 0.717) is 13.5 Å². The Kier molecular flexibility index (Phi) is 3.62. The molecule has 104 valence electrons. The van der Waals surface area contributed by atoms with Crippen molar-refractivity contribution in [3.63, 3.8) is 0 Å². The van der Waals surface area contributed by atoms with Gasteiger partial charge in [0.05, 0.1) is 11.2 Å². The fourth-order valence-corrected chi connectivity index (χ4v) is 1.71. The van der Waals surface area contributed by atoms with Crippen LogP contribution in [0.3, 0.4) is 0 Å². The second-order valence-electron chi connectivity index (χ2n) is 6.37. The maximum atomic E-state index is 11.7. The first-order valence-electron chi connectivity index (χ1n) is 6.78. The molecule has 1 aromatic heterocycles. The Bertz CT molecular complexity index is 512. The van der Waals surface area contributed by atoms with Gasteiger partial charge in [-0.25, -0.2) is 0 Å². The zero-order chi connectivity index (χ0) is 14.3. The van der Waals surface area contributed by atoms with Crippen molar-refractivity contribution >= 4 is 12.9 Å². The number of aliphatic hydroxyl groups is 1. The quantitative estimate of drug-likeness (QED) is 0.797. The van der Waals surface area contributed by atoms with Crippen LogP contribution >= 0.6 is 0 Å². The van der Waals surface area contributed by atoms with Crippen molar-refractivity contribution in [2.45, 2.75) is 57.8 Å². The molecule has 1 saturated carbocycles. The highest BCUT2D eigenvalue weighted by Crippen LogP contribution is 2.32. The zero-order valence-electron chi connectivity index (χ0n) is 12.1. The first-order chi connectivity index (χ1) is 8.71. The largest absolute Gasteiger partial charge is 0.427 e. The fourth-order valence-electron chi connectivity index (χ4n) is 1.71. The molecule has 0 atom stereocenters. The van der Waals surface area contributed by atoms with E-state index in [1.54, 1.807) is 30.5 Å². The highest BCUT2D eigenvalue weighted by molar-refractivity contribution is 6.46. The highest BCUT2D eigenvalue weighted by atomic mass is 16.5. The second-order valence-corrected chi connectivity index (χ2v) is 6.37. The van der Waals surface area contributed by atoms with Gasteiger partial charge in [-0.05, 0) is 46.0 Å². The van der Waals surface area contributed by atoms with E-state index in [1.165, 1.54) is 0 Å². The minimum atomic E-state index is -0.919. The maximum Gasteiger partial charge on any atom is 0.310 e. The normalized spacial score (nSPS) is 16.5. The van der Waals surface area contributed by atoms with Gasteiger partial charge in [0, 0.05) is 18.3 Å². The van der Waals surface area contributed by atoms with Crippen LogP contribution in [0.1, 0.15) is 46.6 Å². The molecule has 19 heavy (non-hydrogen) atoms. The van der Waals surface area contributed by atoms with Gasteiger partial charge in [0.2, 0.25) is 0 Å². The Morgan fingerprint density at radius 2 is 1.95 bits per heavy atom. The van der Waals surface area contributed by atoms with Crippen LogP contribution in [0.25, 0.3) is 0 Å². The minimum absolute atomic E-state index is 0.0491. The number of hydrogen-bond donors (Lipinski definition) is 1. The van der Waals surface area contributed by atoms with Crippen LogP contribution in [0.5, 0.6) is 0 Å². The summed E-state index contributed by atoms with van der Waals surface area (Å²) in [5, 5.41) is 10.0. The summed E-state index contributed by atoms with van der Waals surface area (Å²) >= 11 is 0. The van der Waals surface area contributed by atoms with Crippen LogP contribution in [0.4, 0.5) is 0 Å². The van der Waals surface area contributed by atoms with E-state index in [1.807, 2.05) is 20.0 Å². The van der Waals surface area contributed by atoms with Gasteiger partial charge in [0.25, 0.3) is 5.56 Å². The molecule has 4 nitrogen and oxygen atoms in total. The third-order valence-corrected chi connectivity index (χ3v) is 4.01. The van der Waals surface area contributed by atoms with E-state index >= 15 is 0 Å². The lowest BCUT2D eigenvalue weighted by Gasteiger charge is -2.37. The van der Waals surface area contributed by atoms with Crippen LogP contribution in [0.2, 0.25) is 0 Å². The topological polar surface area (TPSA) is 51.5 Å². The maximum absolute atomic E-state index is 11.7. The molecule has 0 aliphatic heterocycles. The Morgan fingerprint density at radius 1 is 1.32 bits per heavy atom. The fraction of sp³-hybridized carbons (Fsp3) is 0.643. The summed E-state index contributed by atoms with van der Waals surface area (Å²) in [6.45, 7) is 7.20. The number of nitrogens with zero attached hydrogens (tertiary/aromatic N) is 1. The van der Waals surface area contributed by atoms with Gasteiger partial charge in [-0.1, -0.05) is 6.07 Å². The standard InChI is InChI=1S/C14H22BNO3/c1-13(2,18)14(3,4)19-15-10-5-8-12(17)16(9-10)11-6-7-11/h5,8-9,11,15,18H,6-7H2,1-4H3. The number of rotatable bonds is 5. The minimum Gasteiger partial charge on any atom is -0.427 e. The molecule has 1 aliphatic rings. The van der Waals surface area contributed by atoms with Gasteiger partial charge < -0.3 is 14.3 Å². The summed E-state index contributed by atoms with van der Waals surface area (Å²) in [6.07, 6.45) is 4.04. The first kappa shape index (κ1) is 14.3. The number of aromatic nitrogens is 1. The Morgan fingerprint density at radius 3 is 2.47 bits per heavy atom. The van der Waals surface area contributed by atoms with Crippen LogP contribution in [0.15, 0.2) is 23.1 Å². The van der Waals surface area contributed by atoms with E-state index in [0.717, 1.165) is 18.3 Å². The molecule has 0 aromatic carbocycles. The van der Waals surface area contributed by atoms with Gasteiger partial charge in [0.15, 0.2) is 0 Å². The predicted octanol–water partition coefficient (Wildman–Crippen LogP) is 0.726. The zero-order valence-corrected chi connectivity index (χ0v) is 12.1. The van der Waals surface area contributed by atoms with E-state index in [9.17, 15) is 9.90 Å².